The fourth-order valence-electron chi connectivity index (χ4n) is 0.660. The van der Waals surface area contributed by atoms with Gasteiger partial charge in [-0.2, -0.15) is 10.4 Å². The van der Waals surface area contributed by atoms with Crippen LogP contribution in [-0.2, 0) is 0 Å². The van der Waals surface area contributed by atoms with E-state index in [0.29, 0.717) is 0 Å². The molecule has 0 radical (unpaired) electrons. The first-order chi connectivity index (χ1) is 5.83. The Morgan fingerprint density at radius 2 is 2.08 bits per heavy atom. The van der Waals surface area contributed by atoms with Crippen molar-refractivity contribution in [2.24, 2.45) is 5.10 Å². The van der Waals surface area contributed by atoms with Crippen molar-refractivity contribution in [3.05, 3.63) is 28.7 Å². The van der Waals surface area contributed by atoms with E-state index in [4.69, 9.17) is 5.26 Å². The number of halogens is 1. The SMILES string of the molecule is N#C/C=N/Nc1ccc(Br)cc1. The molecule has 0 bridgehead atoms. The largest absolute Gasteiger partial charge is 0.278 e. The van der Waals surface area contributed by atoms with Crippen LogP contribution in [0.2, 0.25) is 0 Å². The Balaban J connectivity index is 2.60. The molecule has 0 spiro atoms. The number of rotatable bonds is 2. The molecular formula is C8H6BrN3. The van der Waals surface area contributed by atoms with E-state index in [1.807, 2.05) is 24.3 Å². The molecule has 0 aliphatic heterocycles. The van der Waals surface area contributed by atoms with Crippen LogP contribution in [0, 0.1) is 11.3 Å². The zero-order valence-corrected chi connectivity index (χ0v) is 7.75. The van der Waals surface area contributed by atoms with Crippen molar-refractivity contribution in [3.63, 3.8) is 0 Å². The summed E-state index contributed by atoms with van der Waals surface area (Å²) < 4.78 is 1.01. The number of nitriles is 1. The number of benzene rings is 1. The monoisotopic (exact) mass is 223 g/mol. The lowest BCUT2D eigenvalue weighted by Gasteiger charge is -1.97. The number of hydrogen-bond donors (Lipinski definition) is 1. The van der Waals surface area contributed by atoms with Gasteiger partial charge in [0, 0.05) is 4.47 Å². The number of anilines is 1. The molecule has 12 heavy (non-hydrogen) atoms. The van der Waals surface area contributed by atoms with Gasteiger partial charge >= 0.3 is 0 Å². The molecule has 0 saturated heterocycles. The molecule has 0 aliphatic carbocycles. The van der Waals surface area contributed by atoms with Crippen LogP contribution in [0.25, 0.3) is 0 Å². The third-order valence-electron chi connectivity index (χ3n) is 1.16. The van der Waals surface area contributed by atoms with Gasteiger partial charge in [0.2, 0.25) is 0 Å². The second kappa shape index (κ2) is 4.52. The standard InChI is InChI=1S/C8H6BrN3/c9-7-1-3-8(4-2-7)12-11-6-5-10/h1-4,6,12H/b11-6+. The van der Waals surface area contributed by atoms with Crippen molar-refractivity contribution in [1.82, 2.24) is 0 Å². The van der Waals surface area contributed by atoms with E-state index in [0.717, 1.165) is 16.4 Å². The van der Waals surface area contributed by atoms with E-state index in [1.54, 1.807) is 6.07 Å². The van der Waals surface area contributed by atoms with Gasteiger partial charge in [0.1, 0.15) is 12.3 Å². The Kier molecular flexibility index (Phi) is 3.30. The van der Waals surface area contributed by atoms with Crippen LogP contribution < -0.4 is 5.43 Å². The Bertz CT molecular complexity index is 310. The summed E-state index contributed by atoms with van der Waals surface area (Å²) in [5.74, 6) is 0. The van der Waals surface area contributed by atoms with Crippen molar-refractivity contribution < 1.29 is 0 Å². The van der Waals surface area contributed by atoms with Gasteiger partial charge in [-0.25, -0.2) is 0 Å². The third kappa shape index (κ3) is 2.72. The second-order valence-electron chi connectivity index (χ2n) is 2.01. The fourth-order valence-corrected chi connectivity index (χ4v) is 0.924. The lowest BCUT2D eigenvalue weighted by atomic mass is 10.3. The molecule has 0 fully saturated rings. The van der Waals surface area contributed by atoms with Crippen molar-refractivity contribution in [2.45, 2.75) is 0 Å². The summed E-state index contributed by atoms with van der Waals surface area (Å²) in [5, 5.41) is 11.8. The molecule has 1 N–H and O–H groups in total. The second-order valence-corrected chi connectivity index (χ2v) is 2.92. The summed E-state index contributed by atoms with van der Waals surface area (Å²) >= 11 is 3.31. The van der Waals surface area contributed by atoms with Crippen molar-refractivity contribution >= 4 is 27.8 Å². The van der Waals surface area contributed by atoms with Crippen LogP contribution in [0.1, 0.15) is 0 Å². The Morgan fingerprint density at radius 1 is 1.42 bits per heavy atom. The van der Waals surface area contributed by atoms with E-state index in [-0.39, 0.29) is 0 Å². The Hall–Kier alpha value is -1.34. The van der Waals surface area contributed by atoms with E-state index in [2.05, 4.69) is 26.5 Å². The van der Waals surface area contributed by atoms with Crippen LogP contribution >= 0.6 is 15.9 Å². The summed E-state index contributed by atoms with van der Waals surface area (Å²) in [6, 6.07) is 9.29. The van der Waals surface area contributed by atoms with Crippen LogP contribution in [0.15, 0.2) is 33.8 Å². The van der Waals surface area contributed by atoms with Gasteiger partial charge in [-0.15, -0.1) is 0 Å². The van der Waals surface area contributed by atoms with Crippen molar-refractivity contribution in [3.8, 4) is 6.07 Å². The quantitative estimate of drug-likeness (QED) is 0.619. The lowest BCUT2D eigenvalue weighted by Crippen LogP contribution is -1.86. The molecule has 0 aliphatic rings. The molecule has 3 nitrogen and oxygen atoms in total. The summed E-state index contributed by atoms with van der Waals surface area (Å²) in [5.41, 5.74) is 3.55. The first-order valence-electron chi connectivity index (χ1n) is 3.25. The average Bonchev–Trinajstić information content (AvgIpc) is 2.09. The van der Waals surface area contributed by atoms with E-state index in [1.165, 1.54) is 0 Å². The summed E-state index contributed by atoms with van der Waals surface area (Å²) in [7, 11) is 0. The van der Waals surface area contributed by atoms with Gasteiger partial charge in [0.25, 0.3) is 0 Å². The van der Waals surface area contributed by atoms with Crippen LogP contribution in [-0.4, -0.2) is 6.21 Å². The molecule has 0 atom stereocenters. The molecule has 0 heterocycles. The van der Waals surface area contributed by atoms with Gasteiger partial charge in [-0.05, 0) is 24.3 Å². The maximum absolute atomic E-state index is 8.14. The van der Waals surface area contributed by atoms with Crippen LogP contribution in [0.5, 0.6) is 0 Å². The fraction of sp³-hybridized carbons (Fsp3) is 0. The Morgan fingerprint density at radius 3 is 2.67 bits per heavy atom. The predicted molar refractivity (Wildman–Crippen MR) is 51.9 cm³/mol. The van der Waals surface area contributed by atoms with Gasteiger partial charge in [-0.3, -0.25) is 5.43 Å². The van der Waals surface area contributed by atoms with E-state index >= 15 is 0 Å². The van der Waals surface area contributed by atoms with E-state index < -0.39 is 0 Å². The molecule has 0 unspecified atom stereocenters. The molecule has 1 aromatic carbocycles. The third-order valence-corrected chi connectivity index (χ3v) is 1.69. The van der Waals surface area contributed by atoms with Gasteiger partial charge < -0.3 is 0 Å². The molecule has 1 aromatic rings. The molecule has 4 heteroatoms. The van der Waals surface area contributed by atoms with Crippen molar-refractivity contribution in [1.29, 1.82) is 5.26 Å². The van der Waals surface area contributed by atoms with E-state index in [9.17, 15) is 0 Å². The normalized spacial score (nSPS) is 9.67. The molecule has 0 aromatic heterocycles. The summed E-state index contributed by atoms with van der Waals surface area (Å²) in [4.78, 5) is 0. The van der Waals surface area contributed by atoms with Gasteiger partial charge in [0.15, 0.2) is 0 Å². The van der Waals surface area contributed by atoms with Crippen LogP contribution in [0.4, 0.5) is 5.69 Å². The highest BCUT2D eigenvalue weighted by Crippen LogP contribution is 2.13. The highest BCUT2D eigenvalue weighted by atomic mass is 79.9. The molecular weight excluding hydrogens is 218 g/mol. The summed E-state index contributed by atoms with van der Waals surface area (Å²) in [6.07, 6.45) is 1.14. The average molecular weight is 224 g/mol. The van der Waals surface area contributed by atoms with Crippen molar-refractivity contribution in [2.75, 3.05) is 5.43 Å². The minimum atomic E-state index is 0.852. The highest BCUT2D eigenvalue weighted by Gasteiger charge is 1.87. The van der Waals surface area contributed by atoms with Gasteiger partial charge in [-0.1, -0.05) is 15.9 Å². The smallest absolute Gasteiger partial charge is 0.124 e. The molecule has 60 valence electrons. The molecule has 1 rings (SSSR count). The zero-order valence-electron chi connectivity index (χ0n) is 6.16. The predicted octanol–water partition coefficient (Wildman–Crippen LogP) is 2.37. The first-order valence-corrected chi connectivity index (χ1v) is 4.05. The van der Waals surface area contributed by atoms with Gasteiger partial charge in [0.05, 0.1) is 5.69 Å². The van der Waals surface area contributed by atoms with Crippen LogP contribution in [0.3, 0.4) is 0 Å². The molecule has 0 saturated carbocycles. The lowest BCUT2D eigenvalue weighted by molar-refractivity contribution is 1.35. The highest BCUT2D eigenvalue weighted by molar-refractivity contribution is 9.10. The maximum Gasteiger partial charge on any atom is 0.124 e. The number of hydrogen-bond acceptors (Lipinski definition) is 3. The number of hydrazone groups is 1. The first kappa shape index (κ1) is 8.75. The molecule has 0 amide bonds. The topological polar surface area (TPSA) is 48.2 Å². The minimum Gasteiger partial charge on any atom is -0.278 e. The summed E-state index contributed by atoms with van der Waals surface area (Å²) in [6.45, 7) is 0. The Labute approximate surface area is 78.8 Å². The maximum atomic E-state index is 8.14. The number of nitrogens with zero attached hydrogens (tertiary/aromatic N) is 2. The zero-order chi connectivity index (χ0) is 8.81. The minimum absolute atomic E-state index is 0.852. The number of nitrogens with one attached hydrogen (secondary N) is 1.